The van der Waals surface area contributed by atoms with Gasteiger partial charge in [-0.05, 0) is 42.5 Å². The van der Waals surface area contributed by atoms with Gasteiger partial charge in [-0.3, -0.25) is 0 Å². The van der Waals surface area contributed by atoms with Gasteiger partial charge in [-0.15, -0.1) is 0 Å². The van der Waals surface area contributed by atoms with Crippen LogP contribution in [0.5, 0.6) is 5.75 Å². The molecule has 0 aliphatic rings. The molecule has 0 fully saturated rings. The second-order valence-corrected chi connectivity index (χ2v) is 4.70. The quantitative estimate of drug-likeness (QED) is 0.856. The summed E-state index contributed by atoms with van der Waals surface area (Å²) < 4.78 is 4.99. The van der Waals surface area contributed by atoms with Gasteiger partial charge in [-0.2, -0.15) is 0 Å². The van der Waals surface area contributed by atoms with Crippen LogP contribution in [0.4, 0.5) is 11.4 Å². The normalized spacial score (nSPS) is 9.25. The third-order valence-corrected chi connectivity index (χ3v) is 3.13. The number of hydrogen-bond acceptors (Lipinski definition) is 3. The van der Waals surface area contributed by atoms with E-state index >= 15 is 0 Å². The van der Waals surface area contributed by atoms with E-state index in [1.165, 1.54) is 0 Å². The lowest BCUT2D eigenvalue weighted by Crippen LogP contribution is -1.87. The highest BCUT2D eigenvalue weighted by Crippen LogP contribution is 2.24. The molecule has 2 rings (SSSR count). The largest absolute Gasteiger partial charge is 0.497 e. The standard InChI is InChI=1S/C8H11NO.C7H7Cl2N/c1-9-7-3-5-8(10-2)6-4-7;1-10-7-3-2-5(8)4-6(7)9/h3-6,9H,1-2H3;2-4,10H,1H3. The summed E-state index contributed by atoms with van der Waals surface area (Å²) in [4.78, 5) is 0. The first-order valence-corrected chi connectivity index (χ1v) is 6.81. The van der Waals surface area contributed by atoms with Crippen molar-refractivity contribution in [3.63, 3.8) is 0 Å². The maximum Gasteiger partial charge on any atom is 0.119 e. The second kappa shape index (κ2) is 8.56. The lowest BCUT2D eigenvalue weighted by molar-refractivity contribution is 0.415. The Balaban J connectivity index is 0.000000200. The highest BCUT2D eigenvalue weighted by molar-refractivity contribution is 6.36. The number of hydrogen-bond donors (Lipinski definition) is 2. The molecule has 5 heteroatoms. The number of anilines is 2. The van der Waals surface area contributed by atoms with Crippen molar-refractivity contribution in [2.45, 2.75) is 0 Å². The second-order valence-electron chi connectivity index (χ2n) is 3.85. The molecule has 0 atom stereocenters. The molecule has 0 amide bonds. The molecule has 3 nitrogen and oxygen atoms in total. The number of methoxy groups -OCH3 is 1. The highest BCUT2D eigenvalue weighted by Gasteiger charge is 1.96. The molecule has 0 bridgehead atoms. The maximum atomic E-state index is 5.78. The molecular weight excluding hydrogens is 295 g/mol. The van der Waals surface area contributed by atoms with Crippen molar-refractivity contribution >= 4 is 34.6 Å². The van der Waals surface area contributed by atoms with E-state index < -0.39 is 0 Å². The summed E-state index contributed by atoms with van der Waals surface area (Å²) in [5.74, 6) is 0.888. The summed E-state index contributed by atoms with van der Waals surface area (Å²) in [5, 5.41) is 7.26. The van der Waals surface area contributed by atoms with Gasteiger partial charge in [-0.1, -0.05) is 23.2 Å². The van der Waals surface area contributed by atoms with Crippen LogP contribution in [-0.2, 0) is 0 Å². The molecule has 2 aromatic carbocycles. The van der Waals surface area contributed by atoms with Crippen LogP contribution in [0, 0.1) is 0 Å². The van der Waals surface area contributed by atoms with Crippen LogP contribution in [0.1, 0.15) is 0 Å². The van der Waals surface area contributed by atoms with Gasteiger partial charge < -0.3 is 15.4 Å². The van der Waals surface area contributed by atoms with Crippen molar-refractivity contribution < 1.29 is 4.74 Å². The average Bonchev–Trinajstić information content (AvgIpc) is 2.48. The van der Waals surface area contributed by atoms with Crippen LogP contribution in [-0.4, -0.2) is 21.2 Å². The first kappa shape index (κ1) is 16.5. The zero-order chi connectivity index (χ0) is 15.0. The average molecular weight is 313 g/mol. The fraction of sp³-hybridized carbons (Fsp3) is 0.200. The number of nitrogens with one attached hydrogen (secondary N) is 2. The smallest absolute Gasteiger partial charge is 0.119 e. The number of halogens is 2. The molecule has 0 unspecified atom stereocenters. The van der Waals surface area contributed by atoms with Gasteiger partial charge >= 0.3 is 0 Å². The Kier molecular flexibility index (Phi) is 7.05. The van der Waals surface area contributed by atoms with Crippen LogP contribution in [0.3, 0.4) is 0 Å². The lowest BCUT2D eigenvalue weighted by atomic mass is 10.3. The minimum Gasteiger partial charge on any atom is -0.497 e. The lowest BCUT2D eigenvalue weighted by Gasteiger charge is -2.01. The summed E-state index contributed by atoms with van der Waals surface area (Å²) in [6.07, 6.45) is 0. The highest BCUT2D eigenvalue weighted by atomic mass is 35.5. The molecule has 0 spiro atoms. The van der Waals surface area contributed by atoms with E-state index in [2.05, 4.69) is 10.6 Å². The number of rotatable bonds is 3. The Morgan fingerprint density at radius 2 is 1.55 bits per heavy atom. The fourth-order valence-corrected chi connectivity index (χ4v) is 1.95. The van der Waals surface area contributed by atoms with Crippen LogP contribution in [0.15, 0.2) is 42.5 Å². The third-order valence-electron chi connectivity index (χ3n) is 2.58. The summed E-state index contributed by atoms with van der Waals surface area (Å²) in [7, 11) is 5.37. The predicted molar refractivity (Wildman–Crippen MR) is 88.5 cm³/mol. The van der Waals surface area contributed by atoms with E-state index in [1.54, 1.807) is 19.2 Å². The number of benzene rings is 2. The zero-order valence-electron chi connectivity index (χ0n) is 11.7. The first-order chi connectivity index (χ1) is 9.60. The minimum atomic E-state index is 0.648. The SMILES string of the molecule is CNc1ccc(Cl)cc1Cl.CNc1ccc(OC)cc1. The topological polar surface area (TPSA) is 33.3 Å². The molecule has 0 aromatic heterocycles. The van der Waals surface area contributed by atoms with E-state index in [4.69, 9.17) is 27.9 Å². The Morgan fingerprint density at radius 1 is 0.900 bits per heavy atom. The van der Waals surface area contributed by atoms with E-state index in [9.17, 15) is 0 Å². The van der Waals surface area contributed by atoms with Crippen LogP contribution >= 0.6 is 23.2 Å². The zero-order valence-corrected chi connectivity index (χ0v) is 13.2. The third kappa shape index (κ3) is 5.19. The predicted octanol–water partition coefficient (Wildman–Crippen LogP) is 4.77. The Labute approximate surface area is 129 Å². The van der Waals surface area contributed by atoms with Gasteiger partial charge in [0.1, 0.15) is 5.75 Å². The summed E-state index contributed by atoms with van der Waals surface area (Å²) in [6, 6.07) is 13.1. The van der Waals surface area contributed by atoms with Gasteiger partial charge in [0.25, 0.3) is 0 Å². The van der Waals surface area contributed by atoms with Gasteiger partial charge in [0, 0.05) is 24.8 Å². The first-order valence-electron chi connectivity index (χ1n) is 6.05. The molecule has 0 aliphatic carbocycles. The summed E-state index contributed by atoms with van der Waals surface area (Å²) in [5.41, 5.74) is 1.99. The van der Waals surface area contributed by atoms with Crippen LogP contribution in [0.25, 0.3) is 0 Å². The molecule has 0 aliphatic heterocycles. The van der Waals surface area contributed by atoms with Gasteiger partial charge in [-0.25, -0.2) is 0 Å². The van der Waals surface area contributed by atoms with Gasteiger partial charge in [0.15, 0.2) is 0 Å². The minimum absolute atomic E-state index is 0.648. The Bertz CT molecular complexity index is 507. The van der Waals surface area contributed by atoms with E-state index in [-0.39, 0.29) is 0 Å². The van der Waals surface area contributed by atoms with Crippen LogP contribution in [0.2, 0.25) is 10.0 Å². The van der Waals surface area contributed by atoms with E-state index in [0.717, 1.165) is 17.1 Å². The molecule has 2 aromatic rings. The summed E-state index contributed by atoms with van der Waals surface area (Å²) in [6.45, 7) is 0. The van der Waals surface area contributed by atoms with Crippen molar-refractivity contribution in [3.8, 4) is 5.75 Å². The Morgan fingerprint density at radius 3 is 2.00 bits per heavy atom. The molecule has 20 heavy (non-hydrogen) atoms. The van der Waals surface area contributed by atoms with E-state index in [1.807, 2.05) is 44.4 Å². The summed E-state index contributed by atoms with van der Waals surface area (Å²) >= 11 is 11.4. The molecule has 0 saturated heterocycles. The maximum absolute atomic E-state index is 5.78. The molecule has 0 radical (unpaired) electrons. The Hall–Kier alpha value is -1.58. The molecular formula is C15H18Cl2N2O. The molecule has 108 valence electrons. The van der Waals surface area contributed by atoms with Crippen LogP contribution < -0.4 is 15.4 Å². The molecule has 2 N–H and O–H groups in total. The van der Waals surface area contributed by atoms with Gasteiger partial charge in [0.05, 0.1) is 17.8 Å². The molecule has 0 heterocycles. The fourth-order valence-electron chi connectivity index (χ4n) is 1.45. The molecule has 0 saturated carbocycles. The van der Waals surface area contributed by atoms with Crippen molar-refractivity contribution in [3.05, 3.63) is 52.5 Å². The van der Waals surface area contributed by atoms with Crippen molar-refractivity contribution in [2.75, 3.05) is 31.8 Å². The van der Waals surface area contributed by atoms with Crippen molar-refractivity contribution in [1.29, 1.82) is 0 Å². The van der Waals surface area contributed by atoms with E-state index in [0.29, 0.717) is 10.0 Å². The van der Waals surface area contributed by atoms with Crippen molar-refractivity contribution in [2.24, 2.45) is 0 Å². The van der Waals surface area contributed by atoms with Crippen molar-refractivity contribution in [1.82, 2.24) is 0 Å². The monoisotopic (exact) mass is 312 g/mol. The van der Waals surface area contributed by atoms with Gasteiger partial charge in [0.2, 0.25) is 0 Å². The number of ether oxygens (including phenoxy) is 1.